The van der Waals surface area contributed by atoms with E-state index in [0.717, 1.165) is 70.6 Å². The van der Waals surface area contributed by atoms with Gasteiger partial charge in [-0.2, -0.15) is 5.10 Å². The molecule has 5 nitrogen and oxygen atoms in total. The molecule has 4 fully saturated rings. The highest BCUT2D eigenvalue weighted by molar-refractivity contribution is 14.1. The van der Waals surface area contributed by atoms with Crippen LogP contribution in [0.1, 0.15) is 62.1 Å². The van der Waals surface area contributed by atoms with Gasteiger partial charge in [0.2, 0.25) is 0 Å². The van der Waals surface area contributed by atoms with E-state index in [4.69, 9.17) is 0 Å². The van der Waals surface area contributed by atoms with Crippen molar-refractivity contribution in [2.75, 3.05) is 0 Å². The highest BCUT2D eigenvalue weighted by Crippen LogP contribution is 2.74. The molecule has 0 aromatic carbocycles. The monoisotopic (exact) mass is 553 g/mol. The van der Waals surface area contributed by atoms with Gasteiger partial charge in [-0.1, -0.05) is 0 Å². The first-order valence-corrected chi connectivity index (χ1v) is 15.9. The number of rotatable bonds is 7. The molecule has 2 heterocycles. The average Bonchev–Trinajstić information content (AvgIpc) is 3.60. The highest BCUT2D eigenvalue weighted by Gasteiger charge is 2.59. The quantitative estimate of drug-likeness (QED) is 0.280. The fraction of sp³-hybridized carbons (Fsp3) is 0.591. The van der Waals surface area contributed by atoms with Gasteiger partial charge in [-0.15, -0.1) is 5.10 Å². The number of aromatic nitrogens is 3. The van der Waals surface area contributed by atoms with Crippen molar-refractivity contribution in [2.45, 2.75) is 80.4 Å². The first kappa shape index (κ1) is 20.1. The molecule has 30 heavy (non-hydrogen) atoms. The summed E-state index contributed by atoms with van der Waals surface area (Å²) in [4.78, 5) is 4.42. The van der Waals surface area contributed by atoms with Gasteiger partial charge in [0, 0.05) is 40.1 Å². The molecule has 0 N–H and O–H groups in total. The van der Waals surface area contributed by atoms with Gasteiger partial charge in [-0.3, -0.25) is 0 Å². The second-order valence-corrected chi connectivity index (χ2v) is 17.2. The SMILES string of the molecule is Cc1cc(C2CC2P(=O)(c2cccnc2I)C2CC2)nnc1P(=O)(C1CC1)C1CC1. The van der Waals surface area contributed by atoms with E-state index in [2.05, 4.69) is 43.8 Å². The van der Waals surface area contributed by atoms with E-state index >= 15 is 0 Å². The first-order valence-electron chi connectivity index (χ1n) is 11.1. The molecular weight excluding hydrogens is 527 g/mol. The molecule has 4 saturated carbocycles. The van der Waals surface area contributed by atoms with Crippen LogP contribution >= 0.6 is 36.9 Å². The van der Waals surface area contributed by atoms with Crippen LogP contribution in [-0.2, 0) is 9.13 Å². The number of pyridine rings is 1. The summed E-state index contributed by atoms with van der Waals surface area (Å²) in [6.45, 7) is 2.05. The minimum absolute atomic E-state index is 0.154. The molecule has 8 heteroatoms. The minimum atomic E-state index is -2.52. The molecule has 4 aliphatic rings. The van der Waals surface area contributed by atoms with E-state index in [1.807, 2.05) is 19.1 Å². The molecule has 4 aliphatic carbocycles. The van der Waals surface area contributed by atoms with Crippen LogP contribution in [0.4, 0.5) is 0 Å². The topological polar surface area (TPSA) is 72.8 Å². The van der Waals surface area contributed by atoms with Crippen molar-refractivity contribution < 1.29 is 9.13 Å². The Balaban J connectivity index is 1.31. The molecule has 3 unspecified atom stereocenters. The molecule has 3 atom stereocenters. The number of hydrogen-bond donors (Lipinski definition) is 0. The van der Waals surface area contributed by atoms with Gasteiger partial charge in [0.1, 0.15) is 23.4 Å². The lowest BCUT2D eigenvalue weighted by Gasteiger charge is -2.20. The normalized spacial score (nSPS) is 28.2. The second-order valence-electron chi connectivity index (χ2n) is 9.61. The molecule has 0 amide bonds. The van der Waals surface area contributed by atoms with Gasteiger partial charge in [0.25, 0.3) is 0 Å². The van der Waals surface area contributed by atoms with E-state index in [9.17, 15) is 9.13 Å². The summed E-state index contributed by atoms with van der Waals surface area (Å²) in [7, 11) is -4.92. The van der Waals surface area contributed by atoms with E-state index in [0.29, 0.717) is 17.0 Å². The second kappa shape index (κ2) is 6.96. The molecule has 2 aromatic rings. The summed E-state index contributed by atoms with van der Waals surface area (Å²) in [6, 6.07) is 6.04. The Labute approximate surface area is 191 Å². The summed E-state index contributed by atoms with van der Waals surface area (Å²) in [5, 5.41) is 10.1. The third kappa shape index (κ3) is 3.11. The molecule has 6 rings (SSSR count). The smallest absolute Gasteiger partial charge is 0.141 e. The predicted molar refractivity (Wildman–Crippen MR) is 128 cm³/mol. The zero-order valence-electron chi connectivity index (χ0n) is 17.1. The summed E-state index contributed by atoms with van der Waals surface area (Å²) < 4.78 is 29.0. The molecule has 2 aromatic heterocycles. The van der Waals surface area contributed by atoms with Crippen molar-refractivity contribution in [3.8, 4) is 0 Å². The van der Waals surface area contributed by atoms with Crippen LogP contribution in [-0.4, -0.2) is 37.8 Å². The van der Waals surface area contributed by atoms with E-state index in [1.165, 1.54) is 0 Å². The predicted octanol–water partition coefficient (Wildman–Crippen LogP) is 4.80. The number of aryl methyl sites for hydroxylation is 1. The van der Waals surface area contributed by atoms with Gasteiger partial charge in [0.15, 0.2) is 0 Å². The van der Waals surface area contributed by atoms with Gasteiger partial charge in [-0.05, 0) is 98.2 Å². The zero-order chi connectivity index (χ0) is 20.7. The summed E-state index contributed by atoms with van der Waals surface area (Å²) in [5.74, 6) is 0.203. The Hall–Kier alpha value is -0.580. The number of hydrogen-bond acceptors (Lipinski definition) is 5. The number of halogens is 1. The Morgan fingerprint density at radius 1 is 0.967 bits per heavy atom. The van der Waals surface area contributed by atoms with Crippen LogP contribution in [0.2, 0.25) is 0 Å². The van der Waals surface area contributed by atoms with Crippen LogP contribution in [0.3, 0.4) is 0 Å². The summed E-state index contributed by atoms with van der Waals surface area (Å²) in [5.41, 5.74) is 3.93. The molecule has 158 valence electrons. The maximum absolute atomic E-state index is 14.3. The van der Waals surface area contributed by atoms with Crippen molar-refractivity contribution in [3.63, 3.8) is 0 Å². The van der Waals surface area contributed by atoms with E-state index in [-0.39, 0.29) is 11.6 Å². The maximum atomic E-state index is 14.3. The van der Waals surface area contributed by atoms with E-state index < -0.39 is 14.3 Å². The lowest BCUT2D eigenvalue weighted by Crippen LogP contribution is -2.21. The van der Waals surface area contributed by atoms with E-state index in [1.54, 1.807) is 6.20 Å². The van der Waals surface area contributed by atoms with Gasteiger partial charge in [-0.25, -0.2) is 4.98 Å². The largest absolute Gasteiger partial charge is 0.318 e. The molecular formula is C22H26IN3O2P2. The Morgan fingerprint density at radius 2 is 1.60 bits per heavy atom. The highest BCUT2D eigenvalue weighted by atomic mass is 127. The number of nitrogens with zero attached hydrogens (tertiary/aromatic N) is 3. The third-order valence-corrected chi connectivity index (χ3v) is 17.2. The summed E-state index contributed by atoms with van der Waals surface area (Å²) >= 11 is 2.23. The minimum Gasteiger partial charge on any atom is -0.318 e. The molecule has 0 radical (unpaired) electrons. The van der Waals surface area contributed by atoms with Crippen LogP contribution < -0.4 is 10.7 Å². The first-order chi connectivity index (χ1) is 14.4. The standard InChI is InChI=1S/C22H26IN3O2P2/c1-13-11-18(25-26-22(13)29(27,14-4-5-14)15-6-7-15)17-12-20(17)30(28,16-8-9-16)19-3-2-10-24-21(19)23/h2-3,10-11,14-17,20H,4-9,12H2,1H3. The van der Waals surface area contributed by atoms with Crippen molar-refractivity contribution in [3.05, 3.63) is 39.4 Å². The fourth-order valence-corrected chi connectivity index (χ4v) is 14.7. The van der Waals surface area contributed by atoms with Gasteiger partial charge >= 0.3 is 0 Å². The van der Waals surface area contributed by atoms with Gasteiger partial charge < -0.3 is 9.13 Å². The molecule has 0 saturated heterocycles. The fourth-order valence-electron chi connectivity index (χ4n) is 5.25. The van der Waals surface area contributed by atoms with Crippen molar-refractivity contribution >= 4 is 47.6 Å². The van der Waals surface area contributed by atoms with Crippen LogP contribution in [0.5, 0.6) is 0 Å². The van der Waals surface area contributed by atoms with Crippen LogP contribution in [0.15, 0.2) is 24.4 Å². The Kier molecular flexibility index (Phi) is 4.65. The maximum Gasteiger partial charge on any atom is 0.141 e. The Bertz CT molecular complexity index is 1110. The zero-order valence-corrected chi connectivity index (χ0v) is 21.0. The average molecular weight is 553 g/mol. The van der Waals surface area contributed by atoms with Gasteiger partial charge in [0.05, 0.1) is 5.69 Å². The van der Waals surface area contributed by atoms with Crippen LogP contribution in [0.25, 0.3) is 0 Å². The molecule has 0 spiro atoms. The lowest BCUT2D eigenvalue weighted by atomic mass is 10.2. The molecule has 0 bridgehead atoms. The van der Waals surface area contributed by atoms with Crippen molar-refractivity contribution in [1.82, 2.24) is 15.2 Å². The van der Waals surface area contributed by atoms with Crippen LogP contribution in [0, 0.1) is 10.6 Å². The Morgan fingerprint density at radius 3 is 2.17 bits per heavy atom. The van der Waals surface area contributed by atoms with Crippen molar-refractivity contribution in [2.24, 2.45) is 0 Å². The summed E-state index contributed by atoms with van der Waals surface area (Å²) in [6.07, 6.45) is 9.12. The molecule has 0 aliphatic heterocycles. The van der Waals surface area contributed by atoms with Crippen molar-refractivity contribution in [1.29, 1.82) is 0 Å². The third-order valence-electron chi connectivity index (χ3n) is 7.32. The lowest BCUT2D eigenvalue weighted by molar-refractivity contribution is 0.576.